The van der Waals surface area contributed by atoms with Crippen LogP contribution < -0.4 is 4.74 Å². The Morgan fingerprint density at radius 1 is 1.46 bits per heavy atom. The Morgan fingerprint density at radius 3 is 2.85 bits per heavy atom. The number of carboxylic acids is 1. The maximum absolute atomic E-state index is 11.9. The molecule has 2 atom stereocenters. The molecule has 0 saturated heterocycles. The van der Waals surface area contributed by atoms with Crippen LogP contribution in [0.15, 0.2) is 30.4 Å². The lowest BCUT2D eigenvalue weighted by molar-refractivity contribution is 0.0106. The highest BCUT2D eigenvalue weighted by molar-refractivity contribution is 5.94. The monoisotopic (exact) mass is 356 g/mol. The Kier molecular flexibility index (Phi) is 4.87. The molecule has 3 rings (SSSR count). The molecule has 0 radical (unpaired) electrons. The summed E-state index contributed by atoms with van der Waals surface area (Å²) in [6.07, 6.45) is 8.14. The van der Waals surface area contributed by atoms with Crippen LogP contribution in [0.25, 0.3) is 0 Å². The fourth-order valence-electron chi connectivity index (χ4n) is 4.48. The number of unbranched alkanes of at least 4 members (excludes halogenated alkanes) is 1. The van der Waals surface area contributed by atoms with Crippen LogP contribution in [-0.4, -0.2) is 21.8 Å². The van der Waals surface area contributed by atoms with Crippen molar-refractivity contribution < 1.29 is 19.7 Å². The Morgan fingerprint density at radius 2 is 2.19 bits per heavy atom. The first-order chi connectivity index (χ1) is 12.3. The second-order valence-corrected chi connectivity index (χ2v) is 8.05. The summed E-state index contributed by atoms with van der Waals surface area (Å²) in [5, 5.41) is 20.6. The van der Waals surface area contributed by atoms with Gasteiger partial charge in [0.15, 0.2) is 0 Å². The maximum Gasteiger partial charge on any atom is 0.339 e. The number of benzene rings is 1. The van der Waals surface area contributed by atoms with Gasteiger partial charge in [0.2, 0.25) is 0 Å². The molecule has 4 nitrogen and oxygen atoms in total. The van der Waals surface area contributed by atoms with Crippen molar-refractivity contribution in [1.82, 2.24) is 0 Å². The van der Waals surface area contributed by atoms with Crippen LogP contribution in [-0.2, 0) is 6.42 Å². The van der Waals surface area contributed by atoms with E-state index >= 15 is 0 Å². The van der Waals surface area contributed by atoms with Gasteiger partial charge in [-0.15, -0.1) is 6.58 Å². The topological polar surface area (TPSA) is 66.8 Å². The smallest absolute Gasteiger partial charge is 0.339 e. The van der Waals surface area contributed by atoms with Gasteiger partial charge in [0, 0.05) is 17.4 Å². The summed E-state index contributed by atoms with van der Waals surface area (Å²) in [6, 6.07) is 1.83. The molecule has 0 bridgehead atoms. The van der Waals surface area contributed by atoms with Gasteiger partial charge in [0.25, 0.3) is 0 Å². The molecule has 0 saturated carbocycles. The van der Waals surface area contributed by atoms with Crippen molar-refractivity contribution in [1.29, 1.82) is 0 Å². The summed E-state index contributed by atoms with van der Waals surface area (Å²) >= 11 is 0. The number of fused-ring (bicyclic) bond motifs is 3. The van der Waals surface area contributed by atoms with Gasteiger partial charge in [-0.25, -0.2) is 4.79 Å². The highest BCUT2D eigenvalue weighted by atomic mass is 16.5. The zero-order chi connectivity index (χ0) is 19.1. The molecule has 1 aliphatic carbocycles. The van der Waals surface area contributed by atoms with Crippen LogP contribution in [0, 0.1) is 5.92 Å². The molecule has 1 aliphatic heterocycles. The highest BCUT2D eigenvalue weighted by Gasteiger charge is 2.46. The van der Waals surface area contributed by atoms with E-state index in [1.807, 2.05) is 12.1 Å². The van der Waals surface area contributed by atoms with Crippen LogP contribution >= 0.6 is 0 Å². The Hall–Kier alpha value is -2.23. The summed E-state index contributed by atoms with van der Waals surface area (Å²) in [7, 11) is 0. The Bertz CT molecular complexity index is 773. The van der Waals surface area contributed by atoms with Crippen molar-refractivity contribution in [2.24, 2.45) is 5.92 Å². The lowest BCUT2D eigenvalue weighted by Crippen LogP contribution is -2.45. The van der Waals surface area contributed by atoms with Crippen molar-refractivity contribution in [3.05, 3.63) is 47.1 Å². The third-order valence-electron chi connectivity index (χ3n) is 5.80. The second kappa shape index (κ2) is 6.82. The van der Waals surface area contributed by atoms with Crippen molar-refractivity contribution in [2.45, 2.75) is 64.4 Å². The minimum atomic E-state index is -1.09. The molecule has 0 amide bonds. The predicted octanol–water partition coefficient (Wildman–Crippen LogP) is 5.21. The van der Waals surface area contributed by atoms with Gasteiger partial charge >= 0.3 is 5.97 Å². The molecule has 140 valence electrons. The number of hydrogen-bond donors (Lipinski definition) is 2. The highest BCUT2D eigenvalue weighted by Crippen LogP contribution is 2.54. The van der Waals surface area contributed by atoms with Crippen molar-refractivity contribution in [2.75, 3.05) is 0 Å². The number of aromatic carboxylic acids is 1. The number of aryl methyl sites for hydroxylation is 1. The van der Waals surface area contributed by atoms with E-state index in [1.165, 1.54) is 5.57 Å². The standard InChI is InChI=1S/C22H28O4/c1-5-6-7-8-14-12-17-19(20(23)18(14)21(24)25)15-11-13(2)9-10-16(15)22(3,4)26-17/h5,11-12,15-16,23H,1,6-10H2,2-4H3,(H,24,25). The molecule has 1 aromatic rings. The van der Waals surface area contributed by atoms with Crippen LogP contribution in [0.5, 0.6) is 11.5 Å². The van der Waals surface area contributed by atoms with E-state index in [4.69, 9.17) is 4.74 Å². The Labute approximate surface area is 155 Å². The summed E-state index contributed by atoms with van der Waals surface area (Å²) in [5.74, 6) is -0.379. The van der Waals surface area contributed by atoms with Gasteiger partial charge in [0.05, 0.1) is 0 Å². The third-order valence-corrected chi connectivity index (χ3v) is 5.80. The summed E-state index contributed by atoms with van der Waals surface area (Å²) < 4.78 is 6.28. The fourth-order valence-corrected chi connectivity index (χ4v) is 4.48. The molecule has 1 aromatic carbocycles. The average Bonchev–Trinajstić information content (AvgIpc) is 2.53. The van der Waals surface area contributed by atoms with E-state index < -0.39 is 5.97 Å². The number of phenols is 1. The number of carbonyl (C=O) groups is 1. The minimum Gasteiger partial charge on any atom is -0.507 e. The lowest BCUT2D eigenvalue weighted by Gasteiger charge is -2.46. The number of allylic oxidation sites excluding steroid dienone is 3. The van der Waals surface area contributed by atoms with Gasteiger partial charge in [0.1, 0.15) is 22.7 Å². The van der Waals surface area contributed by atoms with E-state index in [0.29, 0.717) is 23.3 Å². The molecule has 26 heavy (non-hydrogen) atoms. The molecular weight excluding hydrogens is 328 g/mol. The van der Waals surface area contributed by atoms with Gasteiger partial charge < -0.3 is 14.9 Å². The predicted molar refractivity (Wildman–Crippen MR) is 102 cm³/mol. The van der Waals surface area contributed by atoms with Crippen LogP contribution in [0.2, 0.25) is 0 Å². The molecular formula is C22H28O4. The van der Waals surface area contributed by atoms with Crippen LogP contribution in [0.1, 0.15) is 73.9 Å². The van der Waals surface area contributed by atoms with Crippen molar-refractivity contribution in [3.63, 3.8) is 0 Å². The summed E-state index contributed by atoms with van der Waals surface area (Å²) in [4.78, 5) is 11.9. The van der Waals surface area contributed by atoms with Crippen LogP contribution in [0.4, 0.5) is 0 Å². The Balaban J connectivity index is 2.17. The van der Waals surface area contributed by atoms with Crippen LogP contribution in [0.3, 0.4) is 0 Å². The molecule has 0 fully saturated rings. The third kappa shape index (κ3) is 3.13. The normalized spacial score (nSPS) is 23.3. The molecule has 1 heterocycles. The largest absolute Gasteiger partial charge is 0.507 e. The first kappa shape index (κ1) is 18.6. The second-order valence-electron chi connectivity index (χ2n) is 8.05. The quantitative estimate of drug-likeness (QED) is 0.561. The van der Waals surface area contributed by atoms with Crippen molar-refractivity contribution in [3.8, 4) is 11.5 Å². The first-order valence-corrected chi connectivity index (χ1v) is 9.35. The summed E-state index contributed by atoms with van der Waals surface area (Å²) in [6.45, 7) is 9.98. The van der Waals surface area contributed by atoms with E-state index in [-0.39, 0.29) is 28.7 Å². The van der Waals surface area contributed by atoms with Gasteiger partial charge in [-0.2, -0.15) is 0 Å². The fraction of sp³-hybridized carbons (Fsp3) is 0.500. The minimum absolute atomic E-state index is 0.0113. The number of aromatic hydroxyl groups is 1. The van der Waals surface area contributed by atoms with Crippen molar-refractivity contribution >= 4 is 5.97 Å². The number of ether oxygens (including phenoxy) is 1. The molecule has 0 aromatic heterocycles. The van der Waals surface area contributed by atoms with E-state index in [1.54, 1.807) is 0 Å². The summed E-state index contributed by atoms with van der Waals surface area (Å²) in [5.41, 5.74) is 2.21. The van der Waals surface area contributed by atoms with Gasteiger partial charge in [-0.3, -0.25) is 0 Å². The SMILES string of the molecule is C=CCCCc1cc2c(c(O)c1C(=O)O)C1C=C(C)CCC1C(C)(C)O2. The number of rotatable bonds is 5. The lowest BCUT2D eigenvalue weighted by atomic mass is 9.67. The average molecular weight is 356 g/mol. The molecule has 2 N–H and O–H groups in total. The zero-order valence-corrected chi connectivity index (χ0v) is 15.8. The number of carboxylic acid groups (broad SMARTS) is 1. The van der Waals surface area contributed by atoms with Gasteiger partial charge in [-0.05, 0) is 64.5 Å². The zero-order valence-electron chi connectivity index (χ0n) is 15.8. The van der Waals surface area contributed by atoms with E-state index in [0.717, 1.165) is 25.7 Å². The van der Waals surface area contributed by atoms with E-state index in [9.17, 15) is 15.0 Å². The maximum atomic E-state index is 11.9. The number of hydrogen-bond acceptors (Lipinski definition) is 3. The van der Waals surface area contributed by atoms with Gasteiger partial charge in [-0.1, -0.05) is 17.7 Å². The molecule has 4 heteroatoms. The molecule has 0 spiro atoms. The molecule has 2 unspecified atom stereocenters. The first-order valence-electron chi connectivity index (χ1n) is 9.35. The molecule has 2 aliphatic rings. The van der Waals surface area contributed by atoms with E-state index in [2.05, 4.69) is 33.4 Å².